The highest BCUT2D eigenvalue weighted by Gasteiger charge is 2.43. The molecule has 2 rings (SSSR count). The molecule has 19 heavy (non-hydrogen) atoms. The van der Waals surface area contributed by atoms with E-state index in [0.717, 1.165) is 0 Å². The van der Waals surface area contributed by atoms with Gasteiger partial charge in [-0.05, 0) is 20.8 Å². The largest absolute Gasteiger partial charge is 0.444 e. The number of hydrogen-bond acceptors (Lipinski definition) is 4. The number of carbonyl (C=O) groups excluding carboxylic acids is 2. The van der Waals surface area contributed by atoms with Crippen molar-refractivity contribution in [3.05, 3.63) is 0 Å². The first-order valence-electron chi connectivity index (χ1n) is 6.62. The zero-order chi connectivity index (χ0) is 14.1. The average Bonchev–Trinajstić information content (AvgIpc) is 2.51. The lowest BCUT2D eigenvalue weighted by atomic mass is 9.87. The lowest BCUT2D eigenvalue weighted by Gasteiger charge is -2.31. The Morgan fingerprint density at radius 1 is 1.47 bits per heavy atom. The molecule has 0 aromatic heterocycles. The third kappa shape index (κ3) is 3.59. The van der Waals surface area contributed by atoms with E-state index in [2.05, 4.69) is 5.32 Å². The molecule has 108 valence electrons. The smallest absolute Gasteiger partial charge is 0.410 e. The van der Waals surface area contributed by atoms with Crippen molar-refractivity contribution in [1.82, 2.24) is 10.2 Å². The van der Waals surface area contributed by atoms with Crippen LogP contribution in [0.25, 0.3) is 0 Å². The lowest BCUT2D eigenvalue weighted by molar-refractivity contribution is -0.120. The second-order valence-electron chi connectivity index (χ2n) is 6.41. The Bertz CT molecular complexity index is 377. The molecular weight excluding hydrogens is 248 g/mol. The van der Waals surface area contributed by atoms with Crippen molar-refractivity contribution in [2.45, 2.75) is 32.8 Å². The molecule has 0 bridgehead atoms. The topological polar surface area (TPSA) is 67.9 Å². The zero-order valence-electron chi connectivity index (χ0n) is 11.8. The summed E-state index contributed by atoms with van der Waals surface area (Å²) < 4.78 is 10.9. The minimum absolute atomic E-state index is 0.0228. The van der Waals surface area contributed by atoms with E-state index in [4.69, 9.17) is 9.47 Å². The quantitative estimate of drug-likeness (QED) is 0.705. The molecule has 0 unspecified atom stereocenters. The van der Waals surface area contributed by atoms with Gasteiger partial charge in [0.1, 0.15) is 5.60 Å². The number of hydrogen-bond donors (Lipinski definition) is 1. The molecule has 2 aliphatic rings. The minimum Gasteiger partial charge on any atom is -0.444 e. The van der Waals surface area contributed by atoms with Crippen molar-refractivity contribution in [2.24, 2.45) is 5.41 Å². The fourth-order valence-corrected chi connectivity index (χ4v) is 2.44. The van der Waals surface area contributed by atoms with Crippen molar-refractivity contribution >= 4 is 12.0 Å². The molecular formula is C13H22N2O4. The summed E-state index contributed by atoms with van der Waals surface area (Å²) in [7, 11) is 0. The van der Waals surface area contributed by atoms with Crippen molar-refractivity contribution in [3.63, 3.8) is 0 Å². The first-order chi connectivity index (χ1) is 8.80. The van der Waals surface area contributed by atoms with Gasteiger partial charge in [0, 0.05) is 31.5 Å². The van der Waals surface area contributed by atoms with E-state index in [9.17, 15) is 9.59 Å². The Labute approximate surface area is 113 Å². The number of nitrogens with zero attached hydrogens (tertiary/aromatic N) is 1. The molecule has 1 spiro atoms. The van der Waals surface area contributed by atoms with Gasteiger partial charge in [0.25, 0.3) is 0 Å². The third-order valence-corrected chi connectivity index (χ3v) is 3.29. The van der Waals surface area contributed by atoms with Gasteiger partial charge in [0.15, 0.2) is 0 Å². The summed E-state index contributed by atoms with van der Waals surface area (Å²) in [6.45, 7) is 8.08. The van der Waals surface area contributed by atoms with E-state index in [1.54, 1.807) is 4.90 Å². The first-order valence-corrected chi connectivity index (χ1v) is 6.62. The third-order valence-electron chi connectivity index (χ3n) is 3.29. The van der Waals surface area contributed by atoms with Crippen molar-refractivity contribution in [3.8, 4) is 0 Å². The van der Waals surface area contributed by atoms with Crippen LogP contribution in [0.15, 0.2) is 0 Å². The lowest BCUT2D eigenvalue weighted by Crippen LogP contribution is -2.44. The molecule has 2 saturated heterocycles. The molecule has 2 aliphatic heterocycles. The van der Waals surface area contributed by atoms with Gasteiger partial charge in [0.05, 0.1) is 13.2 Å². The number of ether oxygens (including phenoxy) is 2. The van der Waals surface area contributed by atoms with Crippen LogP contribution in [0.5, 0.6) is 0 Å². The molecule has 6 heteroatoms. The fourth-order valence-electron chi connectivity index (χ4n) is 2.44. The minimum atomic E-state index is -0.513. The summed E-state index contributed by atoms with van der Waals surface area (Å²) in [5, 5.41) is 2.82. The van der Waals surface area contributed by atoms with Crippen LogP contribution in [-0.2, 0) is 14.3 Å². The van der Waals surface area contributed by atoms with Crippen molar-refractivity contribution in [2.75, 3.05) is 32.8 Å². The van der Waals surface area contributed by atoms with Gasteiger partial charge in [-0.25, -0.2) is 4.79 Å². The molecule has 0 radical (unpaired) electrons. The predicted molar refractivity (Wildman–Crippen MR) is 68.7 cm³/mol. The van der Waals surface area contributed by atoms with Crippen LogP contribution >= 0.6 is 0 Å². The van der Waals surface area contributed by atoms with Gasteiger partial charge in [-0.2, -0.15) is 0 Å². The van der Waals surface area contributed by atoms with Crippen LogP contribution in [0.1, 0.15) is 27.2 Å². The number of nitrogens with one attached hydrogen (secondary N) is 1. The Kier molecular flexibility index (Phi) is 3.71. The normalized spacial score (nSPS) is 28.2. The number of amides is 2. The highest BCUT2D eigenvalue weighted by molar-refractivity contribution is 5.79. The van der Waals surface area contributed by atoms with Gasteiger partial charge in [0.2, 0.25) is 5.91 Å². The SMILES string of the molecule is CC(C)(C)OC(=O)N1CCOC[C@]2(CNC(=O)C2)C1. The number of carbonyl (C=O) groups is 2. The predicted octanol–water partition coefficient (Wildman–Crippen LogP) is 0.760. The summed E-state index contributed by atoms with van der Waals surface area (Å²) >= 11 is 0. The molecule has 2 fully saturated rings. The highest BCUT2D eigenvalue weighted by Crippen LogP contribution is 2.30. The van der Waals surface area contributed by atoms with Crippen LogP contribution in [0.4, 0.5) is 4.79 Å². The zero-order valence-corrected chi connectivity index (χ0v) is 11.8. The maximum Gasteiger partial charge on any atom is 0.410 e. The Morgan fingerprint density at radius 3 is 2.79 bits per heavy atom. The van der Waals surface area contributed by atoms with E-state index < -0.39 is 5.60 Å². The maximum atomic E-state index is 12.1. The van der Waals surface area contributed by atoms with Crippen LogP contribution in [-0.4, -0.2) is 55.3 Å². The fraction of sp³-hybridized carbons (Fsp3) is 0.846. The summed E-state index contributed by atoms with van der Waals surface area (Å²) in [6, 6.07) is 0. The van der Waals surface area contributed by atoms with Gasteiger partial charge < -0.3 is 19.7 Å². The van der Waals surface area contributed by atoms with E-state index in [1.165, 1.54) is 0 Å². The van der Waals surface area contributed by atoms with E-state index in [1.807, 2.05) is 20.8 Å². The van der Waals surface area contributed by atoms with Crippen LogP contribution < -0.4 is 5.32 Å². The van der Waals surface area contributed by atoms with E-state index in [0.29, 0.717) is 39.3 Å². The van der Waals surface area contributed by atoms with Gasteiger partial charge in [-0.15, -0.1) is 0 Å². The van der Waals surface area contributed by atoms with Gasteiger partial charge >= 0.3 is 6.09 Å². The van der Waals surface area contributed by atoms with Crippen molar-refractivity contribution < 1.29 is 19.1 Å². The first kappa shape index (κ1) is 14.1. The number of rotatable bonds is 0. The Morgan fingerprint density at radius 2 is 2.21 bits per heavy atom. The molecule has 2 amide bonds. The maximum absolute atomic E-state index is 12.1. The highest BCUT2D eigenvalue weighted by atomic mass is 16.6. The molecule has 1 atom stereocenters. The summed E-state index contributed by atoms with van der Waals surface area (Å²) in [4.78, 5) is 25.2. The monoisotopic (exact) mass is 270 g/mol. The van der Waals surface area contributed by atoms with Crippen LogP contribution in [0.3, 0.4) is 0 Å². The average molecular weight is 270 g/mol. The summed E-state index contributed by atoms with van der Waals surface area (Å²) in [5.41, 5.74) is -0.814. The molecule has 6 nitrogen and oxygen atoms in total. The Hall–Kier alpha value is -1.30. The van der Waals surface area contributed by atoms with Crippen LogP contribution in [0, 0.1) is 5.41 Å². The van der Waals surface area contributed by atoms with Crippen LogP contribution in [0.2, 0.25) is 0 Å². The molecule has 0 saturated carbocycles. The van der Waals surface area contributed by atoms with Crippen molar-refractivity contribution in [1.29, 1.82) is 0 Å². The molecule has 0 aliphatic carbocycles. The standard InChI is InChI=1S/C13H22N2O4/c1-12(2,3)19-11(17)15-4-5-18-9-13(8-15)6-10(16)14-7-13/h4-9H2,1-3H3,(H,14,16)/t13-/m1/s1. The van der Waals surface area contributed by atoms with Gasteiger partial charge in [-0.3, -0.25) is 4.79 Å². The van der Waals surface area contributed by atoms with E-state index in [-0.39, 0.29) is 17.4 Å². The Balaban J connectivity index is 2.04. The van der Waals surface area contributed by atoms with E-state index >= 15 is 0 Å². The second kappa shape index (κ2) is 5.00. The molecule has 1 N–H and O–H groups in total. The van der Waals surface area contributed by atoms with Gasteiger partial charge in [-0.1, -0.05) is 0 Å². The molecule has 0 aromatic rings. The molecule has 0 aromatic carbocycles. The molecule has 2 heterocycles. The summed E-state index contributed by atoms with van der Waals surface area (Å²) in [5.74, 6) is 0.0228. The summed E-state index contributed by atoms with van der Waals surface area (Å²) in [6.07, 6.45) is 0.0727. The second-order valence-corrected chi connectivity index (χ2v) is 6.41.